The Morgan fingerprint density at radius 3 is 2.32 bits per heavy atom. The van der Waals surface area contributed by atoms with E-state index in [2.05, 4.69) is 28.0 Å². The molecule has 0 unspecified atom stereocenters. The lowest BCUT2D eigenvalue weighted by Crippen LogP contribution is -2.47. The van der Waals surface area contributed by atoms with Gasteiger partial charge < -0.3 is 9.80 Å². The molecule has 1 aromatic carbocycles. The number of rotatable bonds is 3. The van der Waals surface area contributed by atoms with E-state index in [9.17, 15) is 9.59 Å². The van der Waals surface area contributed by atoms with Crippen LogP contribution in [0.5, 0.6) is 0 Å². The lowest BCUT2D eigenvalue weighted by molar-refractivity contribution is -0.137. The fraction of sp³-hybridized carbons (Fsp3) is 0.652. The van der Waals surface area contributed by atoms with Gasteiger partial charge in [0.15, 0.2) is 0 Å². The van der Waals surface area contributed by atoms with Crippen LogP contribution in [0.25, 0.3) is 0 Å². The first-order chi connectivity index (χ1) is 13.7. The van der Waals surface area contributed by atoms with Gasteiger partial charge >= 0.3 is 0 Å². The number of piperidine rings is 1. The highest BCUT2D eigenvalue weighted by molar-refractivity contribution is 5.96. The van der Waals surface area contributed by atoms with Gasteiger partial charge in [0, 0.05) is 31.2 Å². The second kappa shape index (κ2) is 9.08. The highest BCUT2D eigenvalue weighted by Gasteiger charge is 2.30. The van der Waals surface area contributed by atoms with Gasteiger partial charge in [0.05, 0.1) is 6.54 Å². The molecular weight excluding hydrogens is 350 g/mol. The molecule has 3 heterocycles. The molecule has 3 aliphatic heterocycles. The molecule has 4 rings (SSSR count). The molecule has 5 heteroatoms. The Hall–Kier alpha value is -1.88. The molecule has 0 aliphatic carbocycles. The third-order valence-corrected chi connectivity index (χ3v) is 6.62. The van der Waals surface area contributed by atoms with Crippen LogP contribution in [-0.4, -0.2) is 60.9 Å². The van der Waals surface area contributed by atoms with Crippen LogP contribution in [0.4, 0.5) is 5.69 Å². The number of aryl methyl sites for hydroxylation is 1. The van der Waals surface area contributed by atoms with Gasteiger partial charge in [-0.15, -0.1) is 0 Å². The SMILES string of the molecule is O=C(C1CCN(CC(=O)N2CCCc3ccccc32)CC1)N1CCCCCC1. The molecule has 0 radical (unpaired) electrons. The van der Waals surface area contributed by atoms with Crippen molar-refractivity contribution in [3.05, 3.63) is 29.8 Å². The van der Waals surface area contributed by atoms with Gasteiger partial charge in [0.25, 0.3) is 0 Å². The van der Waals surface area contributed by atoms with E-state index in [4.69, 9.17) is 0 Å². The molecule has 5 nitrogen and oxygen atoms in total. The van der Waals surface area contributed by atoms with Gasteiger partial charge in [-0.2, -0.15) is 0 Å². The summed E-state index contributed by atoms with van der Waals surface area (Å²) in [6.07, 6.45) is 8.68. The Kier molecular flexibility index (Phi) is 6.30. The molecule has 0 aromatic heterocycles. The van der Waals surface area contributed by atoms with E-state index in [0.29, 0.717) is 12.5 Å². The van der Waals surface area contributed by atoms with Crippen molar-refractivity contribution in [2.45, 2.75) is 51.4 Å². The Labute approximate surface area is 168 Å². The third-order valence-electron chi connectivity index (χ3n) is 6.62. The number of likely N-dealkylation sites (tertiary alicyclic amines) is 2. The molecular formula is C23H33N3O2. The van der Waals surface area contributed by atoms with Crippen molar-refractivity contribution in [3.63, 3.8) is 0 Å². The number of fused-ring (bicyclic) bond motifs is 1. The van der Waals surface area contributed by atoms with Crippen molar-refractivity contribution in [3.8, 4) is 0 Å². The zero-order valence-electron chi connectivity index (χ0n) is 16.9. The maximum atomic E-state index is 12.9. The first-order valence-corrected chi connectivity index (χ1v) is 11.1. The van der Waals surface area contributed by atoms with Crippen molar-refractivity contribution in [2.24, 2.45) is 5.92 Å². The summed E-state index contributed by atoms with van der Waals surface area (Å²) in [5, 5.41) is 0. The molecule has 152 valence electrons. The monoisotopic (exact) mass is 383 g/mol. The van der Waals surface area contributed by atoms with Gasteiger partial charge in [-0.3, -0.25) is 14.5 Å². The molecule has 28 heavy (non-hydrogen) atoms. The number of anilines is 1. The summed E-state index contributed by atoms with van der Waals surface area (Å²) in [5.74, 6) is 0.711. The summed E-state index contributed by atoms with van der Waals surface area (Å²) in [6.45, 7) is 4.87. The molecule has 0 saturated carbocycles. The molecule has 1 aromatic rings. The van der Waals surface area contributed by atoms with Crippen LogP contribution in [0.2, 0.25) is 0 Å². The molecule has 2 saturated heterocycles. The molecule has 0 N–H and O–H groups in total. The lowest BCUT2D eigenvalue weighted by atomic mass is 9.95. The predicted octanol–water partition coefficient (Wildman–Crippen LogP) is 3.08. The maximum absolute atomic E-state index is 12.9. The average Bonchev–Trinajstić information content (AvgIpc) is 3.03. The van der Waals surface area contributed by atoms with E-state index in [1.165, 1.54) is 18.4 Å². The van der Waals surface area contributed by atoms with Crippen molar-refractivity contribution in [1.29, 1.82) is 0 Å². The van der Waals surface area contributed by atoms with Gasteiger partial charge in [-0.1, -0.05) is 31.0 Å². The molecule has 0 atom stereocenters. The van der Waals surface area contributed by atoms with E-state index in [-0.39, 0.29) is 11.8 Å². The van der Waals surface area contributed by atoms with Crippen LogP contribution >= 0.6 is 0 Å². The van der Waals surface area contributed by atoms with Crippen LogP contribution in [0.15, 0.2) is 24.3 Å². The number of hydrogen-bond acceptors (Lipinski definition) is 3. The van der Waals surface area contributed by atoms with Crippen LogP contribution < -0.4 is 4.90 Å². The van der Waals surface area contributed by atoms with Gasteiger partial charge in [0.2, 0.25) is 11.8 Å². The van der Waals surface area contributed by atoms with Crippen molar-refractivity contribution < 1.29 is 9.59 Å². The zero-order valence-corrected chi connectivity index (χ0v) is 16.9. The number of para-hydroxylation sites is 1. The minimum Gasteiger partial charge on any atom is -0.342 e. The summed E-state index contributed by atoms with van der Waals surface area (Å²) in [6, 6.07) is 8.27. The first kappa shape index (κ1) is 19.4. The van der Waals surface area contributed by atoms with E-state index >= 15 is 0 Å². The zero-order chi connectivity index (χ0) is 19.3. The van der Waals surface area contributed by atoms with E-state index in [1.807, 2.05) is 11.0 Å². The Bertz CT molecular complexity index is 689. The fourth-order valence-electron chi connectivity index (χ4n) is 4.96. The summed E-state index contributed by atoms with van der Waals surface area (Å²) < 4.78 is 0. The van der Waals surface area contributed by atoms with E-state index in [0.717, 1.165) is 76.9 Å². The van der Waals surface area contributed by atoms with Crippen molar-refractivity contribution in [2.75, 3.05) is 44.2 Å². The molecule has 0 spiro atoms. The normalized spacial score (nSPS) is 21.9. The summed E-state index contributed by atoms with van der Waals surface area (Å²) >= 11 is 0. The molecule has 2 fully saturated rings. The van der Waals surface area contributed by atoms with Crippen LogP contribution in [0.1, 0.15) is 50.5 Å². The number of hydrogen-bond donors (Lipinski definition) is 0. The average molecular weight is 384 g/mol. The topological polar surface area (TPSA) is 43.9 Å². The number of nitrogens with zero attached hydrogens (tertiary/aromatic N) is 3. The Balaban J connectivity index is 1.29. The highest BCUT2D eigenvalue weighted by atomic mass is 16.2. The highest BCUT2D eigenvalue weighted by Crippen LogP contribution is 2.27. The molecule has 0 bridgehead atoms. The van der Waals surface area contributed by atoms with Crippen molar-refractivity contribution >= 4 is 17.5 Å². The largest absolute Gasteiger partial charge is 0.342 e. The maximum Gasteiger partial charge on any atom is 0.241 e. The Morgan fingerprint density at radius 2 is 1.57 bits per heavy atom. The third kappa shape index (κ3) is 4.40. The smallest absolute Gasteiger partial charge is 0.241 e. The number of carbonyl (C=O) groups is 2. The fourth-order valence-corrected chi connectivity index (χ4v) is 4.96. The Morgan fingerprint density at radius 1 is 0.857 bits per heavy atom. The summed E-state index contributed by atoms with van der Waals surface area (Å²) in [5.41, 5.74) is 2.37. The van der Waals surface area contributed by atoms with Gasteiger partial charge in [-0.25, -0.2) is 0 Å². The standard InChI is InChI=1S/C23H33N3O2/c27-22(26-15-7-9-19-8-3-4-10-21(19)26)18-24-16-11-20(12-17-24)23(28)25-13-5-1-2-6-14-25/h3-4,8,10,20H,1-2,5-7,9,11-18H2. The summed E-state index contributed by atoms with van der Waals surface area (Å²) in [7, 11) is 0. The lowest BCUT2D eigenvalue weighted by Gasteiger charge is -2.35. The van der Waals surface area contributed by atoms with Crippen molar-refractivity contribution in [1.82, 2.24) is 9.80 Å². The second-order valence-electron chi connectivity index (χ2n) is 8.57. The summed E-state index contributed by atoms with van der Waals surface area (Å²) in [4.78, 5) is 32.1. The number of carbonyl (C=O) groups excluding carboxylic acids is 2. The molecule has 2 amide bonds. The minimum absolute atomic E-state index is 0.153. The quantitative estimate of drug-likeness (QED) is 0.806. The minimum atomic E-state index is 0.153. The van der Waals surface area contributed by atoms with E-state index < -0.39 is 0 Å². The van der Waals surface area contributed by atoms with Gasteiger partial charge in [-0.05, 0) is 63.2 Å². The second-order valence-corrected chi connectivity index (χ2v) is 8.57. The van der Waals surface area contributed by atoms with E-state index in [1.54, 1.807) is 0 Å². The predicted molar refractivity (Wildman–Crippen MR) is 111 cm³/mol. The van der Waals surface area contributed by atoms with Gasteiger partial charge in [0.1, 0.15) is 0 Å². The van der Waals surface area contributed by atoms with Crippen LogP contribution in [-0.2, 0) is 16.0 Å². The number of benzene rings is 1. The van der Waals surface area contributed by atoms with Crippen LogP contribution in [0, 0.1) is 5.92 Å². The first-order valence-electron chi connectivity index (χ1n) is 11.1. The van der Waals surface area contributed by atoms with Crippen LogP contribution in [0.3, 0.4) is 0 Å². The molecule has 3 aliphatic rings. The number of amides is 2.